The van der Waals surface area contributed by atoms with E-state index >= 15 is 0 Å². The SMILES string of the molecule is O=C(NCc1c(Cl)cccc1Cl)c1cc([C@@H]2CCNC[C@H]2COc2ccc3c(c2)OCO3)ccc1F. The zero-order valence-corrected chi connectivity index (χ0v) is 20.9. The number of halogens is 3. The summed E-state index contributed by atoms with van der Waals surface area (Å²) in [6.45, 7) is 2.34. The Kier molecular flexibility index (Phi) is 7.51. The average Bonchev–Trinajstić information content (AvgIpc) is 3.35. The first-order valence-corrected chi connectivity index (χ1v) is 12.5. The molecule has 1 amide bonds. The Hall–Kier alpha value is -3.00. The molecule has 5 rings (SSSR count). The van der Waals surface area contributed by atoms with Gasteiger partial charge in [0.2, 0.25) is 6.79 Å². The number of benzene rings is 3. The molecular formula is C27H25Cl2FN2O4. The molecule has 0 radical (unpaired) electrons. The van der Waals surface area contributed by atoms with E-state index in [0.717, 1.165) is 25.1 Å². The molecule has 188 valence electrons. The van der Waals surface area contributed by atoms with Gasteiger partial charge in [0.1, 0.15) is 11.6 Å². The lowest BCUT2D eigenvalue weighted by Gasteiger charge is -2.32. The number of fused-ring (bicyclic) bond motifs is 1. The number of nitrogens with one attached hydrogen (secondary N) is 2. The zero-order valence-electron chi connectivity index (χ0n) is 19.4. The van der Waals surface area contributed by atoms with Gasteiger partial charge in [-0.05, 0) is 60.8 Å². The summed E-state index contributed by atoms with van der Waals surface area (Å²) >= 11 is 12.4. The second-order valence-electron chi connectivity index (χ2n) is 8.81. The van der Waals surface area contributed by atoms with Gasteiger partial charge in [0.25, 0.3) is 5.91 Å². The molecule has 0 aromatic heterocycles. The normalized spacial score (nSPS) is 18.6. The summed E-state index contributed by atoms with van der Waals surface area (Å²) < 4.78 is 31.5. The maximum Gasteiger partial charge on any atom is 0.254 e. The van der Waals surface area contributed by atoms with E-state index in [4.69, 9.17) is 37.4 Å². The standard InChI is InChI=1S/C27H25Cl2FN2O4/c28-22-2-1-3-23(29)21(22)13-32-27(33)20-10-16(4-6-24(20)30)19-8-9-31-12-17(19)14-34-18-5-7-25-26(11-18)36-15-35-25/h1-7,10-11,17,19,31H,8-9,12-15H2,(H,32,33)/t17-,19-/m0/s1. The Balaban J connectivity index is 1.28. The molecule has 2 aliphatic heterocycles. The smallest absolute Gasteiger partial charge is 0.254 e. The van der Waals surface area contributed by atoms with Crippen molar-refractivity contribution in [1.29, 1.82) is 0 Å². The van der Waals surface area contributed by atoms with Crippen LogP contribution in [0.1, 0.15) is 33.8 Å². The van der Waals surface area contributed by atoms with Gasteiger partial charge < -0.3 is 24.8 Å². The molecule has 2 aliphatic rings. The molecule has 2 atom stereocenters. The number of hydrogen-bond acceptors (Lipinski definition) is 5. The topological polar surface area (TPSA) is 68.8 Å². The van der Waals surface area contributed by atoms with Gasteiger partial charge >= 0.3 is 0 Å². The molecule has 36 heavy (non-hydrogen) atoms. The van der Waals surface area contributed by atoms with E-state index < -0.39 is 11.7 Å². The van der Waals surface area contributed by atoms with E-state index in [1.54, 1.807) is 30.3 Å². The van der Waals surface area contributed by atoms with Crippen LogP contribution in [-0.4, -0.2) is 32.4 Å². The Bertz CT molecular complexity index is 1250. The third-order valence-corrected chi connectivity index (χ3v) is 7.27. The van der Waals surface area contributed by atoms with Crippen molar-refractivity contribution in [2.45, 2.75) is 18.9 Å². The first-order valence-electron chi connectivity index (χ1n) is 11.7. The molecule has 6 nitrogen and oxygen atoms in total. The Morgan fingerprint density at radius 1 is 1.08 bits per heavy atom. The summed E-state index contributed by atoms with van der Waals surface area (Å²) in [5, 5.41) is 7.03. The molecule has 1 saturated heterocycles. The molecule has 3 aromatic carbocycles. The second kappa shape index (κ2) is 10.9. The monoisotopic (exact) mass is 530 g/mol. The van der Waals surface area contributed by atoms with Gasteiger partial charge in [0.15, 0.2) is 11.5 Å². The lowest BCUT2D eigenvalue weighted by molar-refractivity contribution is 0.0946. The van der Waals surface area contributed by atoms with E-state index in [2.05, 4.69) is 10.6 Å². The van der Waals surface area contributed by atoms with Gasteiger partial charge in [0.05, 0.1) is 12.2 Å². The van der Waals surface area contributed by atoms with Gasteiger partial charge in [-0.2, -0.15) is 0 Å². The summed E-state index contributed by atoms with van der Waals surface area (Å²) in [6, 6.07) is 15.4. The van der Waals surface area contributed by atoms with E-state index in [9.17, 15) is 9.18 Å². The molecule has 2 heterocycles. The number of piperidine rings is 1. The molecule has 0 spiro atoms. The number of carbonyl (C=O) groups excluding carboxylic acids is 1. The average molecular weight is 531 g/mol. The van der Waals surface area contributed by atoms with Crippen LogP contribution in [0.5, 0.6) is 17.2 Å². The van der Waals surface area contributed by atoms with Crippen LogP contribution in [-0.2, 0) is 6.54 Å². The predicted octanol–water partition coefficient (Wildman–Crippen LogP) is 5.56. The molecule has 0 unspecified atom stereocenters. The predicted molar refractivity (Wildman–Crippen MR) is 136 cm³/mol. The van der Waals surface area contributed by atoms with Crippen molar-refractivity contribution in [3.8, 4) is 17.2 Å². The van der Waals surface area contributed by atoms with Crippen LogP contribution in [0.4, 0.5) is 4.39 Å². The van der Waals surface area contributed by atoms with Crippen LogP contribution in [0.15, 0.2) is 54.6 Å². The maximum absolute atomic E-state index is 14.7. The van der Waals surface area contributed by atoms with Crippen molar-refractivity contribution in [3.63, 3.8) is 0 Å². The lowest BCUT2D eigenvalue weighted by atomic mass is 9.81. The van der Waals surface area contributed by atoms with Crippen LogP contribution in [0.25, 0.3) is 0 Å². The highest BCUT2D eigenvalue weighted by Gasteiger charge is 2.28. The highest BCUT2D eigenvalue weighted by molar-refractivity contribution is 6.36. The zero-order chi connectivity index (χ0) is 25.1. The summed E-state index contributed by atoms with van der Waals surface area (Å²) in [6.07, 6.45) is 0.844. The first kappa shape index (κ1) is 24.7. The van der Waals surface area contributed by atoms with Gasteiger partial charge in [-0.1, -0.05) is 35.3 Å². The van der Waals surface area contributed by atoms with Crippen LogP contribution in [0.2, 0.25) is 10.0 Å². The third-order valence-electron chi connectivity index (χ3n) is 6.57. The van der Waals surface area contributed by atoms with Crippen LogP contribution in [0.3, 0.4) is 0 Å². The quantitative estimate of drug-likeness (QED) is 0.418. The fourth-order valence-corrected chi connectivity index (χ4v) is 5.15. The Morgan fingerprint density at radius 2 is 1.89 bits per heavy atom. The minimum atomic E-state index is -0.580. The van der Waals surface area contributed by atoms with Crippen molar-refractivity contribution in [1.82, 2.24) is 10.6 Å². The summed E-state index contributed by atoms with van der Waals surface area (Å²) in [4.78, 5) is 12.9. The van der Waals surface area contributed by atoms with Crippen molar-refractivity contribution in [2.24, 2.45) is 5.92 Å². The van der Waals surface area contributed by atoms with Crippen LogP contribution >= 0.6 is 23.2 Å². The lowest BCUT2D eigenvalue weighted by Crippen LogP contribution is -2.38. The third kappa shape index (κ3) is 5.38. The number of rotatable bonds is 7. The molecule has 1 fully saturated rings. The van der Waals surface area contributed by atoms with Crippen molar-refractivity contribution in [3.05, 3.63) is 87.2 Å². The van der Waals surface area contributed by atoms with Gasteiger partial charge in [0, 0.05) is 40.7 Å². The fourth-order valence-electron chi connectivity index (χ4n) is 4.62. The first-order chi connectivity index (χ1) is 17.5. The highest BCUT2D eigenvalue weighted by atomic mass is 35.5. The molecule has 0 saturated carbocycles. The second-order valence-corrected chi connectivity index (χ2v) is 9.62. The van der Waals surface area contributed by atoms with E-state index in [0.29, 0.717) is 39.5 Å². The van der Waals surface area contributed by atoms with Gasteiger partial charge in [-0.3, -0.25) is 4.79 Å². The number of carbonyl (C=O) groups is 1. The number of amides is 1. The minimum Gasteiger partial charge on any atom is -0.493 e. The van der Waals surface area contributed by atoms with E-state index in [1.807, 2.05) is 18.2 Å². The fraction of sp³-hybridized carbons (Fsp3) is 0.296. The van der Waals surface area contributed by atoms with Crippen molar-refractivity contribution < 1.29 is 23.4 Å². The molecular weight excluding hydrogens is 506 g/mol. The maximum atomic E-state index is 14.7. The summed E-state index contributed by atoms with van der Waals surface area (Å²) in [7, 11) is 0. The molecule has 0 aliphatic carbocycles. The number of ether oxygens (including phenoxy) is 3. The minimum absolute atomic E-state index is 0.00959. The Labute approximate surface area is 218 Å². The highest BCUT2D eigenvalue weighted by Crippen LogP contribution is 2.36. The van der Waals surface area contributed by atoms with E-state index in [-0.39, 0.29) is 30.7 Å². The summed E-state index contributed by atoms with van der Waals surface area (Å²) in [5.74, 6) is 1.20. The van der Waals surface area contributed by atoms with Crippen molar-refractivity contribution >= 4 is 29.1 Å². The van der Waals surface area contributed by atoms with Gasteiger partial charge in [-0.15, -0.1) is 0 Å². The van der Waals surface area contributed by atoms with E-state index in [1.165, 1.54) is 6.07 Å². The largest absolute Gasteiger partial charge is 0.493 e. The Morgan fingerprint density at radius 3 is 2.72 bits per heavy atom. The molecule has 0 bridgehead atoms. The van der Waals surface area contributed by atoms with Crippen molar-refractivity contribution in [2.75, 3.05) is 26.5 Å². The number of hydrogen-bond donors (Lipinski definition) is 2. The molecule has 9 heteroatoms. The summed E-state index contributed by atoms with van der Waals surface area (Å²) in [5.41, 5.74) is 1.48. The van der Waals surface area contributed by atoms with Gasteiger partial charge in [-0.25, -0.2) is 4.39 Å². The van der Waals surface area contributed by atoms with Crippen LogP contribution < -0.4 is 24.8 Å². The van der Waals surface area contributed by atoms with Crippen LogP contribution in [0, 0.1) is 11.7 Å². The molecule has 2 N–H and O–H groups in total. The molecule has 3 aromatic rings.